The van der Waals surface area contributed by atoms with Crippen LogP contribution in [0.15, 0.2) is 0 Å². The molecule has 0 spiro atoms. The van der Waals surface area contributed by atoms with E-state index in [2.05, 4.69) is 5.32 Å². The van der Waals surface area contributed by atoms with Gasteiger partial charge in [0.25, 0.3) is 0 Å². The number of carbonyl (C=O) groups excluding carboxylic acids is 1. The Bertz CT molecular complexity index is 130. The van der Waals surface area contributed by atoms with Gasteiger partial charge in [-0.2, -0.15) is 0 Å². The van der Waals surface area contributed by atoms with Gasteiger partial charge in [-0.3, -0.25) is 4.79 Å². The van der Waals surface area contributed by atoms with Gasteiger partial charge >= 0.3 is 5.97 Å². The maximum atomic E-state index is 10.9. The summed E-state index contributed by atoms with van der Waals surface area (Å²) in [5, 5.41) is 3.14. The monoisotopic (exact) mass is 157 g/mol. The third-order valence-corrected chi connectivity index (χ3v) is 1.77. The third-order valence-electron chi connectivity index (χ3n) is 1.77. The number of hydrogen-bond acceptors (Lipinski definition) is 3. The number of rotatable bonds is 3. The molecule has 1 aliphatic rings. The smallest absolute Gasteiger partial charge is 0.306 e. The second kappa shape index (κ2) is 4.34. The topological polar surface area (TPSA) is 38.3 Å². The first-order valence-corrected chi connectivity index (χ1v) is 4.23. The molecule has 0 aliphatic carbocycles. The van der Waals surface area contributed by atoms with Crippen LogP contribution in [0.4, 0.5) is 0 Å². The summed E-state index contributed by atoms with van der Waals surface area (Å²) in [6, 6.07) is 0. The SMILES string of the molecule is CCCC(=O)O[C@@H]1CCNC1. The van der Waals surface area contributed by atoms with Gasteiger partial charge in [-0.05, 0) is 19.4 Å². The predicted octanol–water partition coefficient (Wildman–Crippen LogP) is 0.692. The summed E-state index contributed by atoms with van der Waals surface area (Å²) in [7, 11) is 0. The molecule has 0 aromatic carbocycles. The quantitative estimate of drug-likeness (QED) is 0.612. The van der Waals surface area contributed by atoms with Crippen LogP contribution in [0.5, 0.6) is 0 Å². The Morgan fingerprint density at radius 1 is 1.73 bits per heavy atom. The molecule has 1 saturated heterocycles. The van der Waals surface area contributed by atoms with E-state index in [0.717, 1.165) is 25.9 Å². The molecule has 0 saturated carbocycles. The van der Waals surface area contributed by atoms with Gasteiger partial charge < -0.3 is 10.1 Å². The van der Waals surface area contributed by atoms with Crippen molar-refractivity contribution in [2.24, 2.45) is 0 Å². The van der Waals surface area contributed by atoms with Crippen molar-refractivity contribution >= 4 is 5.97 Å². The van der Waals surface area contributed by atoms with Gasteiger partial charge in [0.15, 0.2) is 0 Å². The molecule has 1 rings (SSSR count). The zero-order valence-corrected chi connectivity index (χ0v) is 6.93. The van der Waals surface area contributed by atoms with Crippen molar-refractivity contribution < 1.29 is 9.53 Å². The lowest BCUT2D eigenvalue weighted by atomic mass is 10.3. The van der Waals surface area contributed by atoms with Crippen LogP contribution < -0.4 is 5.32 Å². The van der Waals surface area contributed by atoms with E-state index in [1.54, 1.807) is 0 Å². The van der Waals surface area contributed by atoms with E-state index in [9.17, 15) is 4.79 Å². The molecule has 1 aliphatic heterocycles. The summed E-state index contributed by atoms with van der Waals surface area (Å²) in [5.41, 5.74) is 0. The van der Waals surface area contributed by atoms with Crippen molar-refractivity contribution in [1.29, 1.82) is 0 Å². The molecule has 11 heavy (non-hydrogen) atoms. The highest BCUT2D eigenvalue weighted by Crippen LogP contribution is 2.04. The summed E-state index contributed by atoms with van der Waals surface area (Å²) in [6.45, 7) is 3.79. The molecule has 3 nitrogen and oxygen atoms in total. The van der Waals surface area contributed by atoms with Crippen molar-refractivity contribution in [2.75, 3.05) is 13.1 Å². The van der Waals surface area contributed by atoms with Crippen LogP contribution in [0.1, 0.15) is 26.2 Å². The summed E-state index contributed by atoms with van der Waals surface area (Å²) < 4.78 is 5.15. The van der Waals surface area contributed by atoms with E-state index in [4.69, 9.17) is 4.74 Å². The lowest BCUT2D eigenvalue weighted by Gasteiger charge is -2.09. The number of ether oxygens (including phenoxy) is 1. The third kappa shape index (κ3) is 2.89. The maximum Gasteiger partial charge on any atom is 0.306 e. The molecule has 0 amide bonds. The zero-order chi connectivity index (χ0) is 8.10. The number of esters is 1. The Morgan fingerprint density at radius 3 is 3.09 bits per heavy atom. The van der Waals surface area contributed by atoms with E-state index < -0.39 is 0 Å². The van der Waals surface area contributed by atoms with Crippen molar-refractivity contribution in [3.8, 4) is 0 Å². The summed E-state index contributed by atoms with van der Waals surface area (Å²) in [6.07, 6.45) is 2.53. The molecule has 1 fully saturated rings. The Balaban J connectivity index is 2.13. The van der Waals surface area contributed by atoms with Gasteiger partial charge in [-0.1, -0.05) is 6.92 Å². The zero-order valence-electron chi connectivity index (χ0n) is 6.93. The van der Waals surface area contributed by atoms with Crippen molar-refractivity contribution in [3.63, 3.8) is 0 Å². The van der Waals surface area contributed by atoms with E-state index in [1.807, 2.05) is 6.92 Å². The first-order chi connectivity index (χ1) is 5.33. The van der Waals surface area contributed by atoms with Gasteiger partial charge in [0.05, 0.1) is 0 Å². The Hall–Kier alpha value is -0.570. The minimum Gasteiger partial charge on any atom is -0.461 e. The van der Waals surface area contributed by atoms with Gasteiger partial charge in [-0.15, -0.1) is 0 Å². The van der Waals surface area contributed by atoms with Crippen LogP contribution in [-0.2, 0) is 9.53 Å². The Morgan fingerprint density at radius 2 is 2.55 bits per heavy atom. The fraction of sp³-hybridized carbons (Fsp3) is 0.875. The molecule has 1 N–H and O–H groups in total. The maximum absolute atomic E-state index is 10.9. The second-order valence-corrected chi connectivity index (χ2v) is 2.85. The van der Waals surface area contributed by atoms with E-state index in [1.165, 1.54) is 0 Å². The molecule has 0 radical (unpaired) electrons. The van der Waals surface area contributed by atoms with Crippen LogP contribution in [0.25, 0.3) is 0 Å². The molecule has 0 aromatic heterocycles. The van der Waals surface area contributed by atoms with Crippen LogP contribution in [0.2, 0.25) is 0 Å². The summed E-state index contributed by atoms with van der Waals surface area (Å²) in [4.78, 5) is 10.9. The Kier molecular flexibility index (Phi) is 3.36. The van der Waals surface area contributed by atoms with Crippen LogP contribution >= 0.6 is 0 Å². The fourth-order valence-electron chi connectivity index (χ4n) is 1.18. The van der Waals surface area contributed by atoms with Gasteiger partial charge in [0.1, 0.15) is 6.10 Å². The first-order valence-electron chi connectivity index (χ1n) is 4.23. The van der Waals surface area contributed by atoms with Crippen molar-refractivity contribution in [1.82, 2.24) is 5.32 Å². The average Bonchev–Trinajstić information content (AvgIpc) is 2.40. The number of nitrogens with one attached hydrogen (secondary N) is 1. The molecule has 0 bridgehead atoms. The van der Waals surface area contributed by atoms with Crippen molar-refractivity contribution in [3.05, 3.63) is 0 Å². The minimum absolute atomic E-state index is 0.0544. The molecular weight excluding hydrogens is 142 g/mol. The second-order valence-electron chi connectivity index (χ2n) is 2.85. The van der Waals surface area contributed by atoms with E-state index in [-0.39, 0.29) is 12.1 Å². The van der Waals surface area contributed by atoms with Gasteiger partial charge in [-0.25, -0.2) is 0 Å². The molecular formula is C8H15NO2. The average molecular weight is 157 g/mol. The standard InChI is InChI=1S/C8H15NO2/c1-2-3-8(10)11-7-4-5-9-6-7/h7,9H,2-6H2,1H3/t7-/m1/s1. The van der Waals surface area contributed by atoms with Crippen LogP contribution in [-0.4, -0.2) is 25.2 Å². The fourth-order valence-corrected chi connectivity index (χ4v) is 1.18. The molecule has 1 heterocycles. The normalized spacial score (nSPS) is 23.5. The summed E-state index contributed by atoms with van der Waals surface area (Å²) >= 11 is 0. The first kappa shape index (κ1) is 8.53. The largest absolute Gasteiger partial charge is 0.461 e. The highest BCUT2D eigenvalue weighted by molar-refractivity contribution is 5.69. The summed E-state index contributed by atoms with van der Waals surface area (Å²) in [5.74, 6) is -0.0544. The Labute approximate surface area is 67.1 Å². The molecule has 1 atom stereocenters. The van der Waals surface area contributed by atoms with Crippen LogP contribution in [0, 0.1) is 0 Å². The van der Waals surface area contributed by atoms with Crippen LogP contribution in [0.3, 0.4) is 0 Å². The van der Waals surface area contributed by atoms with Gasteiger partial charge in [0, 0.05) is 13.0 Å². The molecule has 0 unspecified atom stereocenters. The lowest BCUT2D eigenvalue weighted by Crippen LogP contribution is -2.20. The molecule has 0 aromatic rings. The number of hydrogen-bond donors (Lipinski definition) is 1. The highest BCUT2D eigenvalue weighted by atomic mass is 16.5. The molecule has 64 valence electrons. The van der Waals surface area contributed by atoms with Crippen molar-refractivity contribution in [2.45, 2.75) is 32.3 Å². The number of carbonyl (C=O) groups is 1. The lowest BCUT2D eigenvalue weighted by molar-refractivity contribution is -0.148. The van der Waals surface area contributed by atoms with Gasteiger partial charge in [0.2, 0.25) is 0 Å². The molecule has 3 heteroatoms. The minimum atomic E-state index is -0.0544. The predicted molar refractivity (Wildman–Crippen MR) is 42.3 cm³/mol. The van der Waals surface area contributed by atoms with E-state index in [0.29, 0.717) is 6.42 Å². The highest BCUT2D eigenvalue weighted by Gasteiger charge is 2.17. The van der Waals surface area contributed by atoms with E-state index >= 15 is 0 Å².